The number of hydrogen-bond donors (Lipinski definition) is 0. The summed E-state index contributed by atoms with van der Waals surface area (Å²) < 4.78 is 0. The van der Waals surface area contributed by atoms with E-state index in [-0.39, 0.29) is 0 Å². The molecule has 0 nitrogen and oxygen atoms in total. The third-order valence-corrected chi connectivity index (χ3v) is 4.09. The van der Waals surface area contributed by atoms with Crippen molar-refractivity contribution in [3.05, 3.63) is 35.9 Å². The fourth-order valence-electron chi connectivity index (χ4n) is 2.76. The largest absolute Gasteiger partial charge is 0.0628 e. The smallest absolute Gasteiger partial charge is 0.0279 e. The molecule has 20 heavy (non-hydrogen) atoms. The Balaban J connectivity index is 1.79. The predicted molar refractivity (Wildman–Crippen MR) is 91.2 cm³/mol. The van der Waals surface area contributed by atoms with Crippen LogP contribution in [0, 0.1) is 5.92 Å². The number of hydrogen-bond acceptors (Lipinski definition) is 0. The standard InChI is InChI=1S/C20H34/c1-19(2)15-11-8-6-4-3-5-7-9-12-16-20-17-13-10-14-18-20/h10,13-14,17-19H,3-9,11-12,15-16H2,1-2H3. The molecule has 1 aromatic carbocycles. The maximum atomic E-state index is 2.33. The second kappa shape index (κ2) is 12.0. The van der Waals surface area contributed by atoms with Crippen molar-refractivity contribution in [3.8, 4) is 0 Å². The lowest BCUT2D eigenvalue weighted by Crippen LogP contribution is -1.88. The predicted octanol–water partition coefficient (Wildman–Crippen LogP) is 6.79. The first-order chi connectivity index (χ1) is 9.79. The number of aryl methyl sites for hydroxylation is 1. The van der Waals surface area contributed by atoms with Crippen LogP contribution in [0.25, 0.3) is 0 Å². The van der Waals surface area contributed by atoms with Crippen LogP contribution in [0.5, 0.6) is 0 Å². The summed E-state index contributed by atoms with van der Waals surface area (Å²) in [6.45, 7) is 4.66. The lowest BCUT2D eigenvalue weighted by atomic mass is 10.0. The van der Waals surface area contributed by atoms with E-state index in [1.54, 1.807) is 0 Å². The van der Waals surface area contributed by atoms with Gasteiger partial charge in [-0.2, -0.15) is 0 Å². The molecule has 0 heterocycles. The second-order valence-corrected chi connectivity index (χ2v) is 6.60. The molecule has 0 aliphatic heterocycles. The lowest BCUT2D eigenvalue weighted by Gasteiger charge is -2.05. The summed E-state index contributed by atoms with van der Waals surface area (Å²) in [5, 5.41) is 0. The summed E-state index contributed by atoms with van der Waals surface area (Å²) >= 11 is 0. The van der Waals surface area contributed by atoms with Crippen LogP contribution >= 0.6 is 0 Å². The molecule has 0 saturated carbocycles. The minimum absolute atomic E-state index is 0.889. The van der Waals surface area contributed by atoms with Crippen LogP contribution in [-0.2, 0) is 6.42 Å². The fraction of sp³-hybridized carbons (Fsp3) is 0.700. The molecule has 1 aromatic rings. The molecule has 0 unspecified atom stereocenters. The Morgan fingerprint density at radius 2 is 1.15 bits per heavy atom. The maximum Gasteiger partial charge on any atom is -0.0279 e. The first-order valence-corrected chi connectivity index (χ1v) is 8.83. The number of rotatable bonds is 12. The van der Waals surface area contributed by atoms with Gasteiger partial charge in [-0.05, 0) is 24.3 Å². The molecule has 0 aliphatic carbocycles. The van der Waals surface area contributed by atoms with Crippen molar-refractivity contribution in [2.24, 2.45) is 5.92 Å². The van der Waals surface area contributed by atoms with Gasteiger partial charge in [-0.15, -0.1) is 0 Å². The zero-order valence-corrected chi connectivity index (χ0v) is 13.7. The van der Waals surface area contributed by atoms with Gasteiger partial charge in [0.2, 0.25) is 0 Å². The van der Waals surface area contributed by atoms with Crippen LogP contribution in [0.2, 0.25) is 0 Å². The van der Waals surface area contributed by atoms with E-state index in [1.165, 1.54) is 76.2 Å². The van der Waals surface area contributed by atoms with Crippen LogP contribution in [0.1, 0.15) is 83.6 Å². The van der Waals surface area contributed by atoms with Crippen molar-refractivity contribution in [1.29, 1.82) is 0 Å². The first kappa shape index (κ1) is 17.3. The molecular formula is C20H34. The zero-order chi connectivity index (χ0) is 14.5. The quantitative estimate of drug-likeness (QED) is 0.368. The van der Waals surface area contributed by atoms with Crippen molar-refractivity contribution in [1.82, 2.24) is 0 Å². The Morgan fingerprint density at radius 3 is 1.70 bits per heavy atom. The van der Waals surface area contributed by atoms with Crippen molar-refractivity contribution in [3.63, 3.8) is 0 Å². The van der Waals surface area contributed by atoms with Gasteiger partial charge < -0.3 is 0 Å². The molecule has 0 aliphatic rings. The van der Waals surface area contributed by atoms with Crippen LogP contribution in [0.4, 0.5) is 0 Å². The van der Waals surface area contributed by atoms with Crippen LogP contribution in [0.15, 0.2) is 30.3 Å². The Morgan fingerprint density at radius 1 is 0.650 bits per heavy atom. The Labute approximate surface area is 127 Å². The van der Waals surface area contributed by atoms with E-state index < -0.39 is 0 Å². The molecule has 0 N–H and O–H groups in total. The Hall–Kier alpha value is -0.780. The van der Waals surface area contributed by atoms with E-state index in [0.717, 1.165) is 5.92 Å². The zero-order valence-electron chi connectivity index (χ0n) is 13.7. The van der Waals surface area contributed by atoms with Crippen LogP contribution in [-0.4, -0.2) is 0 Å². The van der Waals surface area contributed by atoms with Crippen molar-refractivity contribution >= 4 is 0 Å². The molecule has 0 bridgehead atoms. The van der Waals surface area contributed by atoms with E-state index in [4.69, 9.17) is 0 Å². The van der Waals surface area contributed by atoms with E-state index in [1.807, 2.05) is 0 Å². The third-order valence-electron chi connectivity index (χ3n) is 4.09. The highest BCUT2D eigenvalue weighted by atomic mass is 14.0. The SMILES string of the molecule is CC(C)CCCCCCCCCCCc1ccccc1. The second-order valence-electron chi connectivity index (χ2n) is 6.60. The molecule has 114 valence electrons. The van der Waals surface area contributed by atoms with Crippen molar-refractivity contribution in [2.45, 2.75) is 84.5 Å². The van der Waals surface area contributed by atoms with E-state index >= 15 is 0 Å². The number of unbranched alkanes of at least 4 members (excludes halogenated alkanes) is 8. The van der Waals surface area contributed by atoms with Gasteiger partial charge in [-0.25, -0.2) is 0 Å². The summed E-state index contributed by atoms with van der Waals surface area (Å²) in [7, 11) is 0. The van der Waals surface area contributed by atoms with E-state index in [0.29, 0.717) is 0 Å². The summed E-state index contributed by atoms with van der Waals surface area (Å²) in [6, 6.07) is 10.9. The lowest BCUT2D eigenvalue weighted by molar-refractivity contribution is 0.506. The molecule has 0 heteroatoms. The van der Waals surface area contributed by atoms with Crippen LogP contribution in [0.3, 0.4) is 0 Å². The summed E-state index contributed by atoms with van der Waals surface area (Å²) in [6.07, 6.45) is 15.6. The molecule has 0 aromatic heterocycles. The molecule has 0 amide bonds. The van der Waals surface area contributed by atoms with Crippen molar-refractivity contribution in [2.75, 3.05) is 0 Å². The minimum atomic E-state index is 0.889. The van der Waals surface area contributed by atoms with E-state index in [2.05, 4.69) is 44.2 Å². The van der Waals surface area contributed by atoms with Gasteiger partial charge in [0.15, 0.2) is 0 Å². The maximum absolute atomic E-state index is 2.33. The molecule has 0 spiro atoms. The van der Waals surface area contributed by atoms with Crippen LogP contribution < -0.4 is 0 Å². The topological polar surface area (TPSA) is 0 Å². The fourth-order valence-corrected chi connectivity index (χ4v) is 2.76. The molecule has 0 saturated heterocycles. The molecule has 1 rings (SSSR count). The Bertz CT molecular complexity index is 299. The average Bonchev–Trinajstić information content (AvgIpc) is 2.45. The van der Waals surface area contributed by atoms with Gasteiger partial charge >= 0.3 is 0 Å². The Kier molecular flexibility index (Phi) is 10.4. The summed E-state index contributed by atoms with van der Waals surface area (Å²) in [5.41, 5.74) is 1.50. The van der Waals surface area contributed by atoms with Gasteiger partial charge in [0.1, 0.15) is 0 Å². The van der Waals surface area contributed by atoms with Gasteiger partial charge in [0.05, 0.1) is 0 Å². The molecular weight excluding hydrogens is 240 g/mol. The van der Waals surface area contributed by atoms with Gasteiger partial charge in [-0.3, -0.25) is 0 Å². The van der Waals surface area contributed by atoms with Gasteiger partial charge in [0.25, 0.3) is 0 Å². The highest BCUT2D eigenvalue weighted by Crippen LogP contribution is 2.13. The highest BCUT2D eigenvalue weighted by molar-refractivity contribution is 5.14. The summed E-state index contributed by atoms with van der Waals surface area (Å²) in [5.74, 6) is 0.889. The first-order valence-electron chi connectivity index (χ1n) is 8.83. The monoisotopic (exact) mass is 274 g/mol. The normalized spacial score (nSPS) is 11.2. The minimum Gasteiger partial charge on any atom is -0.0628 e. The number of benzene rings is 1. The molecule has 0 fully saturated rings. The average molecular weight is 274 g/mol. The molecule has 0 atom stereocenters. The third kappa shape index (κ3) is 10.1. The van der Waals surface area contributed by atoms with E-state index in [9.17, 15) is 0 Å². The molecule has 0 radical (unpaired) electrons. The van der Waals surface area contributed by atoms with Gasteiger partial charge in [-0.1, -0.05) is 102 Å². The highest BCUT2D eigenvalue weighted by Gasteiger charge is 1.96. The summed E-state index contributed by atoms with van der Waals surface area (Å²) in [4.78, 5) is 0. The van der Waals surface area contributed by atoms with Crippen molar-refractivity contribution < 1.29 is 0 Å². The van der Waals surface area contributed by atoms with Gasteiger partial charge in [0, 0.05) is 0 Å².